The van der Waals surface area contributed by atoms with E-state index in [-0.39, 0.29) is 0 Å². The fourth-order valence-corrected chi connectivity index (χ4v) is 2.91. The highest BCUT2D eigenvalue weighted by atomic mass is 16.5. The number of hydrogen-bond donors (Lipinski definition) is 1. The first-order chi connectivity index (χ1) is 10.6. The second-order valence-corrected chi connectivity index (χ2v) is 6.39. The molecule has 4 heteroatoms. The maximum atomic E-state index is 10.2. The van der Waals surface area contributed by atoms with Gasteiger partial charge in [-0.05, 0) is 24.1 Å². The quantitative estimate of drug-likeness (QED) is 0.838. The first-order valence-corrected chi connectivity index (χ1v) is 8.44. The summed E-state index contributed by atoms with van der Waals surface area (Å²) in [4.78, 5) is 4.77. The van der Waals surface area contributed by atoms with Crippen molar-refractivity contribution in [1.29, 1.82) is 0 Å². The Hall–Kier alpha value is -1.10. The lowest BCUT2D eigenvalue weighted by molar-refractivity contribution is 0.0468. The number of rotatable bonds is 7. The molecule has 1 aliphatic rings. The van der Waals surface area contributed by atoms with E-state index in [9.17, 15) is 5.11 Å². The first-order valence-electron chi connectivity index (χ1n) is 8.44. The van der Waals surface area contributed by atoms with Gasteiger partial charge in [-0.3, -0.25) is 4.90 Å². The Labute approximate surface area is 134 Å². The zero-order valence-electron chi connectivity index (χ0n) is 14.2. The molecule has 1 N–H and O–H groups in total. The molecule has 124 valence electrons. The van der Waals surface area contributed by atoms with Gasteiger partial charge in [0.1, 0.15) is 18.5 Å². The van der Waals surface area contributed by atoms with E-state index in [0.29, 0.717) is 19.1 Å². The zero-order chi connectivity index (χ0) is 15.9. The van der Waals surface area contributed by atoms with E-state index in [1.807, 2.05) is 18.2 Å². The van der Waals surface area contributed by atoms with Gasteiger partial charge >= 0.3 is 0 Å². The van der Waals surface area contributed by atoms with Crippen LogP contribution in [0.25, 0.3) is 0 Å². The van der Waals surface area contributed by atoms with E-state index < -0.39 is 6.10 Å². The van der Waals surface area contributed by atoms with Gasteiger partial charge in [-0.1, -0.05) is 39.0 Å². The fourth-order valence-electron chi connectivity index (χ4n) is 2.91. The Kier molecular flexibility index (Phi) is 6.68. The summed E-state index contributed by atoms with van der Waals surface area (Å²) in [6.45, 7) is 13.0. The van der Waals surface area contributed by atoms with Crippen molar-refractivity contribution < 1.29 is 9.84 Å². The molecule has 0 radical (unpaired) electrons. The number of likely N-dealkylation sites (N-methyl/N-ethyl adjacent to an activating group) is 1. The second kappa shape index (κ2) is 8.51. The van der Waals surface area contributed by atoms with E-state index in [0.717, 1.165) is 38.5 Å². The van der Waals surface area contributed by atoms with Crippen molar-refractivity contribution in [2.75, 3.05) is 45.9 Å². The van der Waals surface area contributed by atoms with E-state index in [1.165, 1.54) is 5.56 Å². The Bertz CT molecular complexity index is 442. The molecule has 0 bridgehead atoms. The van der Waals surface area contributed by atoms with E-state index in [2.05, 4.69) is 36.6 Å². The van der Waals surface area contributed by atoms with Crippen LogP contribution in [0.3, 0.4) is 0 Å². The standard InChI is InChI=1S/C18H30N2O2/c1-4-19-9-11-20(12-10-19)13-16(21)14-22-18-8-6-5-7-17(18)15(2)3/h5-8,15-16,21H,4,9-14H2,1-3H3/t16-/m0/s1. The van der Waals surface area contributed by atoms with Gasteiger partial charge < -0.3 is 14.7 Å². The number of nitrogens with zero attached hydrogens (tertiary/aromatic N) is 2. The molecule has 1 atom stereocenters. The van der Waals surface area contributed by atoms with Crippen LogP contribution in [0.15, 0.2) is 24.3 Å². The van der Waals surface area contributed by atoms with Gasteiger partial charge in [0.15, 0.2) is 0 Å². The minimum absolute atomic E-state index is 0.359. The van der Waals surface area contributed by atoms with Crippen molar-refractivity contribution in [2.24, 2.45) is 0 Å². The summed E-state index contributed by atoms with van der Waals surface area (Å²) in [5, 5.41) is 10.2. The average Bonchev–Trinajstić information content (AvgIpc) is 2.54. The van der Waals surface area contributed by atoms with Crippen molar-refractivity contribution in [3.63, 3.8) is 0 Å². The van der Waals surface area contributed by atoms with Crippen LogP contribution < -0.4 is 4.74 Å². The molecule has 0 saturated carbocycles. The lowest BCUT2D eigenvalue weighted by Crippen LogP contribution is -2.49. The predicted molar refractivity (Wildman–Crippen MR) is 90.6 cm³/mol. The molecule has 4 nitrogen and oxygen atoms in total. The van der Waals surface area contributed by atoms with Crippen LogP contribution in [-0.4, -0.2) is 66.9 Å². The summed E-state index contributed by atoms with van der Waals surface area (Å²) in [5.41, 5.74) is 1.20. The van der Waals surface area contributed by atoms with Crippen LogP contribution in [0, 0.1) is 0 Å². The molecule has 0 amide bonds. The highest BCUT2D eigenvalue weighted by molar-refractivity contribution is 5.35. The smallest absolute Gasteiger partial charge is 0.122 e. The summed E-state index contributed by atoms with van der Waals surface area (Å²) in [7, 11) is 0. The maximum absolute atomic E-state index is 10.2. The Balaban J connectivity index is 1.77. The first kappa shape index (κ1) is 17.3. The Morgan fingerprint density at radius 1 is 1.09 bits per heavy atom. The molecule has 1 aliphatic heterocycles. The number of aliphatic hydroxyl groups is 1. The summed E-state index contributed by atoms with van der Waals surface area (Å²) in [6.07, 6.45) is -0.437. The molecule has 0 unspecified atom stereocenters. The summed E-state index contributed by atoms with van der Waals surface area (Å²) in [6, 6.07) is 8.10. The molecule has 0 aliphatic carbocycles. The molecular formula is C18H30N2O2. The van der Waals surface area contributed by atoms with Gasteiger partial charge in [-0.2, -0.15) is 0 Å². The van der Waals surface area contributed by atoms with Crippen molar-refractivity contribution in [2.45, 2.75) is 32.8 Å². The van der Waals surface area contributed by atoms with Crippen LogP contribution in [0.5, 0.6) is 5.75 Å². The lowest BCUT2D eigenvalue weighted by Gasteiger charge is -2.34. The van der Waals surface area contributed by atoms with Gasteiger partial charge in [-0.15, -0.1) is 0 Å². The van der Waals surface area contributed by atoms with Gasteiger partial charge in [0.05, 0.1) is 0 Å². The SMILES string of the molecule is CCN1CCN(C[C@H](O)COc2ccccc2C(C)C)CC1. The lowest BCUT2D eigenvalue weighted by atomic mass is 10.0. The molecule has 1 fully saturated rings. The zero-order valence-corrected chi connectivity index (χ0v) is 14.2. The van der Waals surface area contributed by atoms with Gasteiger partial charge in [0.25, 0.3) is 0 Å². The Morgan fingerprint density at radius 2 is 1.73 bits per heavy atom. The van der Waals surface area contributed by atoms with E-state index in [4.69, 9.17) is 4.74 Å². The molecule has 1 heterocycles. The molecule has 0 aromatic heterocycles. The number of aliphatic hydroxyl groups excluding tert-OH is 1. The summed E-state index contributed by atoms with van der Waals surface area (Å²) < 4.78 is 5.86. The number of benzene rings is 1. The highest BCUT2D eigenvalue weighted by Gasteiger charge is 2.18. The molecule has 2 rings (SSSR count). The van der Waals surface area contributed by atoms with Gasteiger partial charge in [0.2, 0.25) is 0 Å². The average molecular weight is 306 g/mol. The third kappa shape index (κ3) is 4.97. The topological polar surface area (TPSA) is 35.9 Å². The third-order valence-corrected chi connectivity index (χ3v) is 4.35. The van der Waals surface area contributed by atoms with Crippen LogP contribution in [0.1, 0.15) is 32.3 Å². The Morgan fingerprint density at radius 3 is 2.36 bits per heavy atom. The predicted octanol–water partition coefficient (Wildman–Crippen LogP) is 2.19. The second-order valence-electron chi connectivity index (χ2n) is 6.39. The molecular weight excluding hydrogens is 276 g/mol. The minimum Gasteiger partial charge on any atom is -0.491 e. The number of ether oxygens (including phenoxy) is 1. The maximum Gasteiger partial charge on any atom is 0.122 e. The number of hydrogen-bond acceptors (Lipinski definition) is 4. The summed E-state index contributed by atoms with van der Waals surface area (Å²) >= 11 is 0. The van der Waals surface area contributed by atoms with Gasteiger partial charge in [-0.25, -0.2) is 0 Å². The van der Waals surface area contributed by atoms with Gasteiger partial charge in [0, 0.05) is 32.7 Å². The normalized spacial score (nSPS) is 18.6. The third-order valence-electron chi connectivity index (χ3n) is 4.35. The number of β-amino-alcohol motifs (C(OH)–C–C–N with tert-alkyl or cyclic N) is 1. The van der Waals surface area contributed by atoms with E-state index >= 15 is 0 Å². The van der Waals surface area contributed by atoms with Crippen LogP contribution in [-0.2, 0) is 0 Å². The fraction of sp³-hybridized carbons (Fsp3) is 0.667. The number of para-hydroxylation sites is 1. The monoisotopic (exact) mass is 306 g/mol. The molecule has 1 saturated heterocycles. The number of piperazine rings is 1. The molecule has 1 aromatic carbocycles. The highest BCUT2D eigenvalue weighted by Crippen LogP contribution is 2.25. The van der Waals surface area contributed by atoms with Crippen LogP contribution >= 0.6 is 0 Å². The van der Waals surface area contributed by atoms with E-state index in [1.54, 1.807) is 0 Å². The van der Waals surface area contributed by atoms with Crippen molar-refractivity contribution in [3.05, 3.63) is 29.8 Å². The van der Waals surface area contributed by atoms with Crippen molar-refractivity contribution in [1.82, 2.24) is 9.80 Å². The van der Waals surface area contributed by atoms with Crippen molar-refractivity contribution in [3.8, 4) is 5.75 Å². The molecule has 0 spiro atoms. The molecule has 22 heavy (non-hydrogen) atoms. The summed E-state index contributed by atoms with van der Waals surface area (Å²) in [5.74, 6) is 1.32. The van der Waals surface area contributed by atoms with Crippen molar-refractivity contribution >= 4 is 0 Å². The van der Waals surface area contributed by atoms with Crippen LogP contribution in [0.4, 0.5) is 0 Å². The largest absolute Gasteiger partial charge is 0.491 e. The van der Waals surface area contributed by atoms with Crippen LogP contribution in [0.2, 0.25) is 0 Å². The molecule has 1 aromatic rings. The minimum atomic E-state index is -0.437.